The summed E-state index contributed by atoms with van der Waals surface area (Å²) < 4.78 is 22.8. The maximum atomic E-state index is 12.8. The molecule has 1 amide bonds. The topological polar surface area (TPSA) is 119 Å². The number of carbonyl (C=O) groups is 1. The summed E-state index contributed by atoms with van der Waals surface area (Å²) in [5.41, 5.74) is 2.18. The van der Waals surface area contributed by atoms with Gasteiger partial charge in [-0.2, -0.15) is 0 Å². The summed E-state index contributed by atoms with van der Waals surface area (Å²) in [6.07, 6.45) is 3.29. The van der Waals surface area contributed by atoms with Crippen molar-refractivity contribution in [1.82, 2.24) is 19.9 Å². The normalized spacial score (nSPS) is 15.3. The molecule has 0 unspecified atom stereocenters. The zero-order valence-corrected chi connectivity index (χ0v) is 18.0. The molecule has 3 heterocycles. The highest BCUT2D eigenvalue weighted by atomic mass is 32.2. The lowest BCUT2D eigenvalue weighted by molar-refractivity contribution is 0.0711. The number of primary sulfonamides is 1. The van der Waals surface area contributed by atoms with Gasteiger partial charge in [0, 0.05) is 41.8 Å². The number of benzene rings is 1. The number of nitrogens with zero attached hydrogens (tertiary/aromatic N) is 4. The highest BCUT2D eigenvalue weighted by Crippen LogP contribution is 2.29. The predicted octanol–water partition coefficient (Wildman–Crippen LogP) is 2.58. The van der Waals surface area contributed by atoms with Crippen LogP contribution in [0.1, 0.15) is 40.6 Å². The largest absolute Gasteiger partial charge is 0.339 e. The summed E-state index contributed by atoms with van der Waals surface area (Å²) in [5.74, 6) is 0.852. The van der Waals surface area contributed by atoms with Crippen molar-refractivity contribution >= 4 is 27.3 Å². The Hall–Kier alpha value is -2.69. The molecule has 0 saturated carbocycles. The second kappa shape index (κ2) is 8.21. The molecule has 1 saturated heterocycles. The van der Waals surface area contributed by atoms with Gasteiger partial charge in [0.1, 0.15) is 16.5 Å². The molecular weight excluding hydrogens is 422 g/mol. The Morgan fingerprint density at radius 1 is 1.17 bits per heavy atom. The van der Waals surface area contributed by atoms with Gasteiger partial charge in [-0.3, -0.25) is 4.79 Å². The fraction of sp³-hybridized carbons (Fsp3) is 0.300. The number of aromatic nitrogens is 3. The number of nitrogens with two attached hydrogens (primary N) is 1. The van der Waals surface area contributed by atoms with Gasteiger partial charge in [0.05, 0.1) is 4.90 Å². The number of aryl methyl sites for hydroxylation is 1. The SMILES string of the molecule is Cc1cc(-c2nccs2)nc(C2CCN(C(=O)c3ccc(S(N)(=O)=O)cc3)CC2)n1. The Bertz CT molecular complexity index is 1150. The number of rotatable bonds is 4. The fourth-order valence-electron chi connectivity index (χ4n) is 3.54. The fourth-order valence-corrected chi connectivity index (χ4v) is 4.66. The van der Waals surface area contributed by atoms with Crippen molar-refractivity contribution in [2.45, 2.75) is 30.6 Å². The van der Waals surface area contributed by atoms with Crippen LogP contribution >= 0.6 is 11.3 Å². The van der Waals surface area contributed by atoms with E-state index in [1.807, 2.05) is 18.4 Å². The van der Waals surface area contributed by atoms with E-state index in [1.165, 1.54) is 24.3 Å². The van der Waals surface area contributed by atoms with Crippen LogP contribution in [0.4, 0.5) is 0 Å². The summed E-state index contributed by atoms with van der Waals surface area (Å²) in [6, 6.07) is 7.65. The van der Waals surface area contributed by atoms with E-state index < -0.39 is 10.0 Å². The van der Waals surface area contributed by atoms with Crippen LogP contribution in [0.2, 0.25) is 0 Å². The van der Waals surface area contributed by atoms with Gasteiger partial charge in [-0.1, -0.05) is 0 Å². The molecule has 1 fully saturated rings. The summed E-state index contributed by atoms with van der Waals surface area (Å²) in [5, 5.41) is 7.91. The molecule has 1 aromatic carbocycles. The number of sulfonamides is 1. The van der Waals surface area contributed by atoms with Crippen LogP contribution in [0.3, 0.4) is 0 Å². The standard InChI is InChI=1S/C20H21N5O3S2/c1-13-12-17(19-22-8-11-29-19)24-18(23-13)14-6-9-25(10-7-14)20(26)15-2-4-16(5-3-15)30(21,27)28/h2-5,8,11-12,14H,6-7,9-10H2,1H3,(H2,21,27,28). The molecule has 10 heteroatoms. The van der Waals surface area contributed by atoms with Gasteiger partial charge in [0.2, 0.25) is 10.0 Å². The highest BCUT2D eigenvalue weighted by Gasteiger charge is 2.27. The molecule has 2 N–H and O–H groups in total. The second-order valence-corrected chi connectivity index (χ2v) is 9.68. The third-order valence-corrected chi connectivity index (χ3v) is 6.82. The van der Waals surface area contributed by atoms with Gasteiger partial charge in [-0.15, -0.1) is 11.3 Å². The van der Waals surface area contributed by atoms with Gasteiger partial charge in [-0.05, 0) is 50.1 Å². The maximum absolute atomic E-state index is 12.8. The van der Waals surface area contributed by atoms with E-state index in [0.717, 1.165) is 35.1 Å². The Kier molecular flexibility index (Phi) is 5.63. The minimum absolute atomic E-state index is 0.00890. The van der Waals surface area contributed by atoms with Crippen LogP contribution in [0.5, 0.6) is 0 Å². The molecule has 0 spiro atoms. The zero-order valence-electron chi connectivity index (χ0n) is 16.4. The van der Waals surface area contributed by atoms with Crippen molar-refractivity contribution < 1.29 is 13.2 Å². The maximum Gasteiger partial charge on any atom is 0.253 e. The first-order valence-electron chi connectivity index (χ1n) is 9.49. The van der Waals surface area contributed by atoms with E-state index in [9.17, 15) is 13.2 Å². The molecule has 156 valence electrons. The third kappa shape index (κ3) is 4.40. The monoisotopic (exact) mass is 443 g/mol. The van der Waals surface area contributed by atoms with E-state index in [0.29, 0.717) is 18.7 Å². The van der Waals surface area contributed by atoms with E-state index in [1.54, 1.807) is 22.4 Å². The third-order valence-electron chi connectivity index (χ3n) is 5.10. The van der Waals surface area contributed by atoms with E-state index in [-0.39, 0.29) is 16.7 Å². The lowest BCUT2D eigenvalue weighted by Gasteiger charge is -2.31. The molecule has 3 aromatic rings. The number of carbonyl (C=O) groups excluding carboxylic acids is 1. The molecule has 0 aliphatic carbocycles. The lowest BCUT2D eigenvalue weighted by Crippen LogP contribution is -2.38. The highest BCUT2D eigenvalue weighted by molar-refractivity contribution is 7.89. The number of likely N-dealkylation sites (tertiary alicyclic amines) is 1. The zero-order chi connectivity index (χ0) is 21.3. The first-order valence-corrected chi connectivity index (χ1v) is 11.9. The molecule has 1 aliphatic rings. The van der Waals surface area contributed by atoms with E-state index in [2.05, 4.69) is 9.97 Å². The number of thiazole rings is 1. The molecular formula is C20H21N5O3S2. The van der Waals surface area contributed by atoms with Gasteiger partial charge in [0.15, 0.2) is 0 Å². The quantitative estimate of drug-likeness (QED) is 0.662. The molecule has 2 aromatic heterocycles. The predicted molar refractivity (Wildman–Crippen MR) is 114 cm³/mol. The Labute approximate surface area is 178 Å². The molecule has 1 aliphatic heterocycles. The van der Waals surface area contributed by atoms with Crippen molar-refractivity contribution in [2.75, 3.05) is 13.1 Å². The van der Waals surface area contributed by atoms with Gasteiger partial charge < -0.3 is 4.90 Å². The van der Waals surface area contributed by atoms with Crippen LogP contribution in [0, 0.1) is 6.92 Å². The van der Waals surface area contributed by atoms with Crippen LogP contribution in [0.25, 0.3) is 10.7 Å². The Morgan fingerprint density at radius 3 is 2.47 bits per heavy atom. The van der Waals surface area contributed by atoms with Crippen LogP contribution < -0.4 is 5.14 Å². The Balaban J connectivity index is 1.44. The molecule has 0 radical (unpaired) electrons. The Morgan fingerprint density at radius 2 is 1.87 bits per heavy atom. The number of hydrogen-bond acceptors (Lipinski definition) is 7. The number of hydrogen-bond donors (Lipinski definition) is 1. The first-order chi connectivity index (χ1) is 14.3. The summed E-state index contributed by atoms with van der Waals surface area (Å²) in [7, 11) is -3.77. The number of piperidine rings is 1. The van der Waals surface area contributed by atoms with Crippen LogP contribution in [-0.4, -0.2) is 47.3 Å². The minimum Gasteiger partial charge on any atom is -0.339 e. The van der Waals surface area contributed by atoms with Crippen molar-refractivity contribution in [2.24, 2.45) is 5.14 Å². The molecule has 8 nitrogen and oxygen atoms in total. The lowest BCUT2D eigenvalue weighted by atomic mass is 9.95. The van der Waals surface area contributed by atoms with Crippen molar-refractivity contribution in [3.63, 3.8) is 0 Å². The molecule has 0 atom stereocenters. The summed E-state index contributed by atoms with van der Waals surface area (Å²) in [6.45, 7) is 3.13. The van der Waals surface area contributed by atoms with Crippen molar-refractivity contribution in [3.05, 3.63) is 59.0 Å². The molecule has 0 bridgehead atoms. The average Bonchev–Trinajstić information content (AvgIpc) is 3.27. The molecule has 30 heavy (non-hydrogen) atoms. The first kappa shape index (κ1) is 20.6. The summed E-state index contributed by atoms with van der Waals surface area (Å²) in [4.78, 5) is 28.2. The average molecular weight is 444 g/mol. The van der Waals surface area contributed by atoms with Gasteiger partial charge in [0.25, 0.3) is 5.91 Å². The van der Waals surface area contributed by atoms with Crippen molar-refractivity contribution in [3.8, 4) is 10.7 Å². The summed E-state index contributed by atoms with van der Waals surface area (Å²) >= 11 is 1.54. The second-order valence-electron chi connectivity index (χ2n) is 7.23. The van der Waals surface area contributed by atoms with Gasteiger partial charge in [-0.25, -0.2) is 28.5 Å². The van der Waals surface area contributed by atoms with Crippen LogP contribution in [0.15, 0.2) is 46.8 Å². The van der Waals surface area contributed by atoms with Crippen LogP contribution in [-0.2, 0) is 10.0 Å². The minimum atomic E-state index is -3.77. The van der Waals surface area contributed by atoms with E-state index in [4.69, 9.17) is 10.1 Å². The smallest absolute Gasteiger partial charge is 0.253 e. The molecule has 4 rings (SSSR count). The van der Waals surface area contributed by atoms with Crippen molar-refractivity contribution in [1.29, 1.82) is 0 Å². The van der Waals surface area contributed by atoms with Gasteiger partial charge >= 0.3 is 0 Å². The number of amides is 1. The van der Waals surface area contributed by atoms with E-state index >= 15 is 0 Å².